The van der Waals surface area contributed by atoms with E-state index in [1.165, 1.54) is 43.5 Å². The maximum absolute atomic E-state index is 6.89. The zero-order valence-corrected chi connectivity index (χ0v) is 21.4. The van der Waals surface area contributed by atoms with Crippen LogP contribution in [0.5, 0.6) is 0 Å². The van der Waals surface area contributed by atoms with E-state index >= 15 is 0 Å². The van der Waals surface area contributed by atoms with Crippen LogP contribution in [-0.2, 0) is 0 Å². The third-order valence-corrected chi connectivity index (χ3v) is 9.28. The quantitative estimate of drug-likeness (QED) is 0.233. The van der Waals surface area contributed by atoms with Crippen LogP contribution in [0.3, 0.4) is 0 Å². The first kappa shape index (κ1) is 21.6. The molecule has 0 saturated carbocycles. The summed E-state index contributed by atoms with van der Waals surface area (Å²) in [5.74, 6) is 0. The number of hydrogen-bond donors (Lipinski definition) is 0. The lowest BCUT2D eigenvalue weighted by Gasteiger charge is -2.14. The third-order valence-electron chi connectivity index (χ3n) is 7.62. The van der Waals surface area contributed by atoms with Crippen LogP contribution < -0.4 is 0 Å². The third kappa shape index (κ3) is 3.28. The van der Waals surface area contributed by atoms with Crippen molar-refractivity contribution in [3.05, 3.63) is 139 Å². The second-order valence-electron chi connectivity index (χ2n) is 9.77. The average molecular weight is 507 g/mol. The molecule has 3 heteroatoms. The van der Waals surface area contributed by atoms with Gasteiger partial charge in [-0.3, -0.25) is 0 Å². The predicted molar refractivity (Wildman–Crippen MR) is 161 cm³/mol. The Bertz CT molecular complexity index is 2050. The van der Waals surface area contributed by atoms with Crippen LogP contribution in [-0.4, -0.2) is 0 Å². The summed E-state index contributed by atoms with van der Waals surface area (Å²) in [5, 5.41) is 9.44. The Morgan fingerprint density at radius 3 is 1.66 bits per heavy atom. The number of fused-ring (bicyclic) bond motifs is 8. The van der Waals surface area contributed by atoms with Gasteiger partial charge in [-0.15, -0.1) is 0 Å². The van der Waals surface area contributed by atoms with Crippen LogP contribution in [0, 0.1) is 0 Å². The first-order valence-electron chi connectivity index (χ1n) is 12.9. The van der Waals surface area contributed by atoms with Crippen LogP contribution in [0.25, 0.3) is 59.8 Å². The van der Waals surface area contributed by atoms with Gasteiger partial charge in [0, 0.05) is 10.8 Å². The second kappa shape index (κ2) is 8.52. The van der Waals surface area contributed by atoms with E-state index in [1.54, 1.807) is 0 Å². The summed E-state index contributed by atoms with van der Waals surface area (Å²) < 4.78 is 13.8. The Morgan fingerprint density at radius 1 is 0.500 bits per heavy atom. The maximum Gasteiger partial charge on any atom is 0.228 e. The molecule has 1 aliphatic rings. The van der Waals surface area contributed by atoms with Gasteiger partial charge in [0.1, 0.15) is 16.8 Å². The van der Waals surface area contributed by atoms with E-state index in [0.717, 1.165) is 21.9 Å². The molecule has 6 aromatic carbocycles. The molecular formula is C35H23O2P. The zero-order valence-electron chi connectivity index (χ0n) is 20.5. The highest BCUT2D eigenvalue weighted by Crippen LogP contribution is 2.53. The van der Waals surface area contributed by atoms with E-state index < -0.39 is 8.01 Å². The van der Waals surface area contributed by atoms with Gasteiger partial charge in [-0.2, -0.15) is 0 Å². The lowest BCUT2D eigenvalue weighted by molar-refractivity contribution is 0.635. The Hall–Kier alpha value is -4.52. The average Bonchev–Trinajstić information content (AvgIpc) is 3.39. The van der Waals surface area contributed by atoms with Gasteiger partial charge in [0.25, 0.3) is 0 Å². The van der Waals surface area contributed by atoms with E-state index in [-0.39, 0.29) is 5.66 Å². The summed E-state index contributed by atoms with van der Waals surface area (Å²) in [6, 6.07) is 40.7. The fraction of sp³-hybridized carbons (Fsp3) is 0.0286. The normalized spacial score (nSPS) is 15.2. The summed E-state index contributed by atoms with van der Waals surface area (Å²) >= 11 is 0. The van der Waals surface area contributed by atoms with E-state index in [1.807, 2.05) is 0 Å². The fourth-order valence-corrected chi connectivity index (χ4v) is 7.52. The van der Waals surface area contributed by atoms with Crippen molar-refractivity contribution in [1.29, 1.82) is 0 Å². The Kier molecular flexibility index (Phi) is 4.83. The topological polar surface area (TPSA) is 26.3 Å². The molecule has 38 heavy (non-hydrogen) atoms. The molecular weight excluding hydrogens is 483 g/mol. The Labute approximate surface area is 220 Å². The van der Waals surface area contributed by atoms with Crippen molar-refractivity contribution in [1.82, 2.24) is 0 Å². The van der Waals surface area contributed by atoms with Gasteiger partial charge in [0.15, 0.2) is 0 Å². The lowest BCUT2D eigenvalue weighted by atomic mass is 9.97. The van der Waals surface area contributed by atoms with Gasteiger partial charge >= 0.3 is 0 Å². The van der Waals surface area contributed by atoms with Crippen LogP contribution >= 0.6 is 8.01 Å². The van der Waals surface area contributed by atoms with Crippen molar-refractivity contribution < 1.29 is 8.39 Å². The molecule has 1 aliphatic carbocycles. The van der Waals surface area contributed by atoms with Crippen molar-refractivity contribution >= 4 is 67.8 Å². The standard InChI is InChI=1S/C35H23O2P/c1-4-13-26-23(9-1)12-7-16-29(26)30-17-8-18-33(30)38-36-31-21-19-24-10-2-5-14-27(24)34(31)35-28-15-6-3-11-25(28)20-22-32(35)37-38/h1-22,33H. The first-order valence-corrected chi connectivity index (χ1v) is 14.2. The van der Waals surface area contributed by atoms with Crippen LogP contribution in [0.4, 0.5) is 0 Å². The highest BCUT2D eigenvalue weighted by molar-refractivity contribution is 7.38. The summed E-state index contributed by atoms with van der Waals surface area (Å²) in [6.45, 7) is 0. The largest absolute Gasteiger partial charge is 0.418 e. The molecule has 0 amide bonds. The van der Waals surface area contributed by atoms with Crippen molar-refractivity contribution in [2.75, 3.05) is 0 Å². The second-order valence-corrected chi connectivity index (χ2v) is 11.3. The molecule has 2 nitrogen and oxygen atoms in total. The minimum absolute atomic E-state index is 0.00699. The molecule has 1 unspecified atom stereocenters. The monoisotopic (exact) mass is 506 g/mol. The van der Waals surface area contributed by atoms with Gasteiger partial charge in [-0.1, -0.05) is 121 Å². The van der Waals surface area contributed by atoms with Crippen LogP contribution in [0.1, 0.15) is 11.2 Å². The summed E-state index contributed by atoms with van der Waals surface area (Å²) in [4.78, 5) is 0. The highest BCUT2D eigenvalue weighted by Gasteiger charge is 2.25. The Balaban J connectivity index is 1.46. The summed E-state index contributed by atoms with van der Waals surface area (Å²) in [5.41, 5.74) is 4.23. The zero-order chi connectivity index (χ0) is 25.1. The summed E-state index contributed by atoms with van der Waals surface area (Å²) in [7, 11) is -1.36. The first-order chi connectivity index (χ1) is 18.8. The minimum Gasteiger partial charge on any atom is -0.418 e. The summed E-state index contributed by atoms with van der Waals surface area (Å²) in [6.07, 6.45) is 6.59. The molecule has 0 N–H and O–H groups in total. The number of hydrogen-bond acceptors (Lipinski definition) is 2. The van der Waals surface area contributed by atoms with Gasteiger partial charge in [0.05, 0.1) is 0 Å². The molecule has 0 radical (unpaired) electrons. The molecule has 0 fully saturated rings. The maximum atomic E-state index is 6.89. The van der Waals surface area contributed by atoms with Gasteiger partial charge in [-0.25, -0.2) is 0 Å². The van der Waals surface area contributed by atoms with E-state index in [9.17, 15) is 0 Å². The molecule has 1 atom stereocenters. The molecule has 7 aromatic rings. The molecule has 180 valence electrons. The van der Waals surface area contributed by atoms with Crippen LogP contribution in [0.15, 0.2) is 142 Å². The molecule has 1 heterocycles. The number of benzene rings is 6. The molecule has 1 aromatic heterocycles. The highest BCUT2D eigenvalue weighted by atomic mass is 31.1. The van der Waals surface area contributed by atoms with Crippen molar-refractivity contribution in [2.24, 2.45) is 0 Å². The molecule has 0 aliphatic heterocycles. The fourth-order valence-electron chi connectivity index (χ4n) is 5.87. The van der Waals surface area contributed by atoms with E-state index in [2.05, 4.69) is 133 Å². The van der Waals surface area contributed by atoms with Gasteiger partial charge in [0.2, 0.25) is 8.01 Å². The van der Waals surface area contributed by atoms with Gasteiger partial charge in [-0.05, 0) is 55.6 Å². The predicted octanol–water partition coefficient (Wildman–Crippen LogP) is 10.9. The van der Waals surface area contributed by atoms with Crippen molar-refractivity contribution in [3.63, 3.8) is 0 Å². The minimum atomic E-state index is -1.36. The van der Waals surface area contributed by atoms with E-state index in [4.69, 9.17) is 8.39 Å². The number of allylic oxidation sites excluding steroid dienone is 4. The van der Waals surface area contributed by atoms with Crippen molar-refractivity contribution in [2.45, 2.75) is 5.66 Å². The molecule has 8 rings (SSSR count). The van der Waals surface area contributed by atoms with Crippen molar-refractivity contribution in [3.8, 4) is 0 Å². The van der Waals surface area contributed by atoms with E-state index in [0.29, 0.717) is 0 Å². The SMILES string of the molecule is C1=CC(p2oc3ccc4ccccc4c3c3c(ccc4ccccc43)o2)C(c2cccc3ccccc23)=C1. The Morgan fingerprint density at radius 2 is 1.03 bits per heavy atom. The molecule has 0 saturated heterocycles. The van der Waals surface area contributed by atoms with Crippen LogP contribution in [0.2, 0.25) is 0 Å². The van der Waals surface area contributed by atoms with Gasteiger partial charge < -0.3 is 8.39 Å². The number of rotatable bonds is 2. The molecule has 0 bridgehead atoms. The smallest absolute Gasteiger partial charge is 0.228 e. The molecule has 0 spiro atoms. The lowest BCUT2D eigenvalue weighted by Crippen LogP contribution is -1.90.